The highest BCUT2D eigenvalue weighted by molar-refractivity contribution is 7.17. The van der Waals surface area contributed by atoms with Gasteiger partial charge in [-0.15, -0.1) is 21.5 Å². The number of hydrogen-bond acceptors (Lipinski definition) is 6. The molecule has 0 amide bonds. The minimum absolute atomic E-state index is 0.401. The molecule has 1 aliphatic rings. The van der Waals surface area contributed by atoms with Crippen LogP contribution in [0.4, 0.5) is 5.95 Å². The molecule has 0 spiro atoms. The van der Waals surface area contributed by atoms with Gasteiger partial charge in [0, 0.05) is 22.8 Å². The molecule has 0 unspecified atom stereocenters. The van der Waals surface area contributed by atoms with Crippen LogP contribution in [0.1, 0.15) is 18.5 Å². The van der Waals surface area contributed by atoms with Crippen molar-refractivity contribution >= 4 is 27.4 Å². The number of nitrogens with zero attached hydrogens (tertiary/aromatic N) is 4. The Morgan fingerprint density at radius 3 is 3.00 bits per heavy atom. The lowest BCUT2D eigenvalue weighted by atomic mass is 10.1. The first-order chi connectivity index (χ1) is 11.7. The van der Waals surface area contributed by atoms with Gasteiger partial charge in [-0.3, -0.25) is 0 Å². The molecule has 1 N–H and O–H groups in total. The number of thiophene rings is 1. The molecule has 1 saturated heterocycles. The van der Waals surface area contributed by atoms with Gasteiger partial charge in [0.05, 0.1) is 5.69 Å². The molecule has 1 aromatic carbocycles. The van der Waals surface area contributed by atoms with Gasteiger partial charge in [0.2, 0.25) is 5.95 Å². The maximum Gasteiger partial charge on any atom is 0.243 e. The van der Waals surface area contributed by atoms with E-state index in [4.69, 9.17) is 0 Å². The van der Waals surface area contributed by atoms with Crippen LogP contribution >= 0.6 is 11.3 Å². The van der Waals surface area contributed by atoms with E-state index in [-0.39, 0.29) is 0 Å². The van der Waals surface area contributed by atoms with Crippen LogP contribution in [0.5, 0.6) is 0 Å². The standard InChI is InChI=1S/C18H21N5S/c1-12-17(14-5-6-16-13(10-14)7-9-24-16)21-22-18(19-12)20-15-4-3-8-23(2)11-15/h5-7,9-10,15H,3-4,8,11H2,1-2H3,(H,19,20,22)/t15-/m1/s1. The highest BCUT2D eigenvalue weighted by Crippen LogP contribution is 2.27. The molecule has 3 heterocycles. The number of fused-ring (bicyclic) bond motifs is 1. The summed E-state index contributed by atoms with van der Waals surface area (Å²) in [5, 5.41) is 15.5. The minimum Gasteiger partial charge on any atom is -0.349 e. The first-order valence-corrected chi connectivity index (χ1v) is 9.21. The van der Waals surface area contributed by atoms with Crippen LogP contribution in [0.15, 0.2) is 29.6 Å². The number of aryl methyl sites for hydroxylation is 1. The van der Waals surface area contributed by atoms with Gasteiger partial charge in [0.15, 0.2) is 0 Å². The normalized spacial score (nSPS) is 18.8. The summed E-state index contributed by atoms with van der Waals surface area (Å²) in [5.41, 5.74) is 2.84. The Morgan fingerprint density at radius 1 is 1.25 bits per heavy atom. The van der Waals surface area contributed by atoms with E-state index in [9.17, 15) is 0 Å². The van der Waals surface area contributed by atoms with Gasteiger partial charge in [-0.25, -0.2) is 4.98 Å². The van der Waals surface area contributed by atoms with Crippen LogP contribution in [-0.4, -0.2) is 46.3 Å². The Labute approximate surface area is 145 Å². The van der Waals surface area contributed by atoms with Crippen molar-refractivity contribution in [2.75, 3.05) is 25.5 Å². The summed E-state index contributed by atoms with van der Waals surface area (Å²) in [6.45, 7) is 4.19. The molecular weight excluding hydrogens is 318 g/mol. The molecule has 0 radical (unpaired) electrons. The van der Waals surface area contributed by atoms with Gasteiger partial charge in [0.1, 0.15) is 5.69 Å². The third-order valence-electron chi connectivity index (χ3n) is 4.54. The average Bonchev–Trinajstić information content (AvgIpc) is 3.02. The molecule has 6 heteroatoms. The van der Waals surface area contributed by atoms with Gasteiger partial charge in [-0.1, -0.05) is 6.07 Å². The van der Waals surface area contributed by atoms with Crippen LogP contribution < -0.4 is 5.32 Å². The number of rotatable bonds is 3. The lowest BCUT2D eigenvalue weighted by molar-refractivity contribution is 0.260. The van der Waals surface area contributed by atoms with Crippen LogP contribution in [0.3, 0.4) is 0 Å². The van der Waals surface area contributed by atoms with Crippen LogP contribution in [0, 0.1) is 6.92 Å². The quantitative estimate of drug-likeness (QED) is 0.790. The van der Waals surface area contributed by atoms with Gasteiger partial charge in [0.25, 0.3) is 0 Å². The zero-order chi connectivity index (χ0) is 16.5. The van der Waals surface area contributed by atoms with Crippen molar-refractivity contribution in [2.24, 2.45) is 0 Å². The highest BCUT2D eigenvalue weighted by atomic mass is 32.1. The number of hydrogen-bond donors (Lipinski definition) is 1. The van der Waals surface area contributed by atoms with E-state index in [1.165, 1.54) is 23.1 Å². The molecule has 2 aromatic heterocycles. The minimum atomic E-state index is 0.401. The monoisotopic (exact) mass is 339 g/mol. The molecule has 1 atom stereocenters. The van der Waals surface area contributed by atoms with E-state index >= 15 is 0 Å². The molecule has 3 aromatic rings. The average molecular weight is 339 g/mol. The number of anilines is 1. The number of piperidine rings is 1. The molecule has 1 fully saturated rings. The summed E-state index contributed by atoms with van der Waals surface area (Å²) < 4.78 is 1.29. The Kier molecular flexibility index (Phi) is 4.16. The molecule has 24 heavy (non-hydrogen) atoms. The number of aromatic nitrogens is 3. The summed E-state index contributed by atoms with van der Waals surface area (Å²) in [6, 6.07) is 8.93. The Bertz CT molecular complexity index is 859. The largest absolute Gasteiger partial charge is 0.349 e. The van der Waals surface area contributed by atoms with Crippen molar-refractivity contribution < 1.29 is 0 Å². The van der Waals surface area contributed by atoms with Crippen LogP contribution in [0.25, 0.3) is 21.3 Å². The van der Waals surface area contributed by atoms with E-state index in [0.29, 0.717) is 12.0 Å². The van der Waals surface area contributed by atoms with Crippen molar-refractivity contribution in [3.05, 3.63) is 35.3 Å². The van der Waals surface area contributed by atoms with E-state index in [1.807, 2.05) is 6.92 Å². The van der Waals surface area contributed by atoms with Crippen LogP contribution in [-0.2, 0) is 0 Å². The highest BCUT2D eigenvalue weighted by Gasteiger charge is 2.18. The molecule has 1 aliphatic heterocycles. The third kappa shape index (κ3) is 3.12. The third-order valence-corrected chi connectivity index (χ3v) is 5.44. The number of likely N-dealkylation sites (tertiary alicyclic amines) is 1. The molecule has 0 saturated carbocycles. The molecular formula is C18H21N5S. The summed E-state index contributed by atoms with van der Waals surface area (Å²) in [6.07, 6.45) is 2.36. The maximum absolute atomic E-state index is 4.64. The summed E-state index contributed by atoms with van der Waals surface area (Å²) in [4.78, 5) is 6.97. The lowest BCUT2D eigenvalue weighted by Gasteiger charge is -2.30. The Hall–Kier alpha value is -2.05. The predicted octanol–water partition coefficient (Wildman–Crippen LogP) is 3.57. The van der Waals surface area contributed by atoms with Gasteiger partial charge in [-0.05, 0) is 62.3 Å². The molecule has 0 aliphatic carbocycles. The molecule has 5 nitrogen and oxygen atoms in total. The van der Waals surface area contributed by atoms with Crippen molar-refractivity contribution in [3.8, 4) is 11.3 Å². The fraction of sp³-hybridized carbons (Fsp3) is 0.389. The number of nitrogens with one attached hydrogen (secondary N) is 1. The lowest BCUT2D eigenvalue weighted by Crippen LogP contribution is -2.40. The second kappa shape index (κ2) is 6.45. The molecule has 4 rings (SSSR count). The van der Waals surface area contributed by atoms with Crippen molar-refractivity contribution in [3.63, 3.8) is 0 Å². The first kappa shape index (κ1) is 15.5. The second-order valence-electron chi connectivity index (χ2n) is 6.49. The summed E-state index contributed by atoms with van der Waals surface area (Å²) in [7, 11) is 2.15. The van der Waals surface area contributed by atoms with Crippen molar-refractivity contribution in [2.45, 2.75) is 25.8 Å². The van der Waals surface area contributed by atoms with Gasteiger partial charge in [-0.2, -0.15) is 0 Å². The maximum atomic E-state index is 4.64. The second-order valence-corrected chi connectivity index (χ2v) is 7.44. The molecule has 0 bridgehead atoms. The Balaban J connectivity index is 1.57. The van der Waals surface area contributed by atoms with E-state index in [2.05, 4.69) is 62.1 Å². The van der Waals surface area contributed by atoms with Crippen molar-refractivity contribution in [1.82, 2.24) is 20.1 Å². The van der Waals surface area contributed by atoms with E-state index < -0.39 is 0 Å². The molecule has 124 valence electrons. The topological polar surface area (TPSA) is 53.9 Å². The van der Waals surface area contributed by atoms with E-state index in [1.54, 1.807) is 11.3 Å². The number of benzene rings is 1. The Morgan fingerprint density at radius 2 is 2.17 bits per heavy atom. The van der Waals surface area contributed by atoms with E-state index in [0.717, 1.165) is 29.9 Å². The fourth-order valence-electron chi connectivity index (χ4n) is 3.31. The fourth-order valence-corrected chi connectivity index (χ4v) is 4.08. The van der Waals surface area contributed by atoms with Gasteiger partial charge < -0.3 is 10.2 Å². The number of likely N-dealkylation sites (N-methyl/N-ethyl adjacent to an activating group) is 1. The zero-order valence-electron chi connectivity index (χ0n) is 14.0. The summed E-state index contributed by atoms with van der Waals surface area (Å²) in [5.74, 6) is 0.633. The smallest absolute Gasteiger partial charge is 0.243 e. The summed E-state index contributed by atoms with van der Waals surface area (Å²) >= 11 is 1.75. The van der Waals surface area contributed by atoms with Crippen molar-refractivity contribution in [1.29, 1.82) is 0 Å². The van der Waals surface area contributed by atoms with Crippen LogP contribution in [0.2, 0.25) is 0 Å². The zero-order valence-corrected chi connectivity index (χ0v) is 14.8. The SMILES string of the molecule is Cc1nc(N[C@@H]2CCCN(C)C2)nnc1-c1ccc2sccc2c1. The predicted molar refractivity (Wildman–Crippen MR) is 99.5 cm³/mol. The van der Waals surface area contributed by atoms with Gasteiger partial charge >= 0.3 is 0 Å². The first-order valence-electron chi connectivity index (χ1n) is 8.33.